The van der Waals surface area contributed by atoms with Crippen molar-refractivity contribution < 1.29 is 13.9 Å². The Kier molecular flexibility index (Phi) is 4.49. The highest BCUT2D eigenvalue weighted by Crippen LogP contribution is 2.35. The Morgan fingerprint density at radius 3 is 2.75 bits per heavy atom. The Morgan fingerprint density at radius 2 is 2.05 bits per heavy atom. The first kappa shape index (κ1) is 14.2. The van der Waals surface area contributed by atoms with Crippen molar-refractivity contribution in [2.75, 3.05) is 0 Å². The lowest BCUT2D eigenvalue weighted by molar-refractivity contribution is -0.107. The number of para-hydroxylation sites is 1. The summed E-state index contributed by atoms with van der Waals surface area (Å²) in [6.07, 6.45) is 0.592. The molecule has 2 rings (SSSR count). The van der Waals surface area contributed by atoms with Gasteiger partial charge in [-0.3, -0.25) is 0 Å². The number of aldehydes is 1. The van der Waals surface area contributed by atoms with Gasteiger partial charge in [-0.15, -0.1) is 0 Å². The lowest BCUT2D eigenvalue weighted by atomic mass is 10.1. The Hall–Kier alpha value is -2.19. The Labute approximate surface area is 123 Å². The van der Waals surface area contributed by atoms with E-state index in [0.29, 0.717) is 16.3 Å². The van der Waals surface area contributed by atoms with Crippen LogP contribution in [0.4, 0.5) is 4.39 Å². The summed E-state index contributed by atoms with van der Waals surface area (Å²) in [7, 11) is 0. The molecule has 0 atom stereocenters. The molecule has 0 bridgehead atoms. The minimum absolute atomic E-state index is 0.0324. The third-order valence-corrected chi connectivity index (χ3v) is 3.28. The number of nitriles is 1. The number of nitrogens with zero attached hydrogens (tertiary/aromatic N) is 1. The van der Waals surface area contributed by atoms with Crippen molar-refractivity contribution in [2.45, 2.75) is 6.42 Å². The predicted molar refractivity (Wildman–Crippen MR) is 75.1 cm³/mol. The van der Waals surface area contributed by atoms with Gasteiger partial charge in [-0.2, -0.15) is 5.26 Å². The Balaban J connectivity index is 2.45. The van der Waals surface area contributed by atoms with Crippen LogP contribution in [0.3, 0.4) is 0 Å². The lowest BCUT2D eigenvalue weighted by Gasteiger charge is -2.11. The molecule has 0 aromatic heterocycles. The zero-order valence-corrected chi connectivity index (χ0v) is 11.9. The molecule has 100 valence electrons. The summed E-state index contributed by atoms with van der Waals surface area (Å²) in [4.78, 5) is 10.5. The molecule has 2 aromatic carbocycles. The van der Waals surface area contributed by atoms with E-state index in [1.165, 1.54) is 6.07 Å². The van der Waals surface area contributed by atoms with Gasteiger partial charge in [0.2, 0.25) is 0 Å². The van der Waals surface area contributed by atoms with Gasteiger partial charge in [0.25, 0.3) is 0 Å². The van der Waals surface area contributed by atoms with E-state index in [-0.39, 0.29) is 23.5 Å². The molecular formula is C15H9BrFNO2. The van der Waals surface area contributed by atoms with Crippen LogP contribution in [0.15, 0.2) is 40.9 Å². The van der Waals surface area contributed by atoms with E-state index < -0.39 is 5.82 Å². The molecule has 0 amide bonds. The van der Waals surface area contributed by atoms with Crippen molar-refractivity contribution >= 4 is 22.2 Å². The molecule has 0 saturated heterocycles. The zero-order valence-electron chi connectivity index (χ0n) is 10.3. The average molecular weight is 334 g/mol. The van der Waals surface area contributed by atoms with Crippen molar-refractivity contribution in [1.82, 2.24) is 0 Å². The van der Waals surface area contributed by atoms with E-state index in [4.69, 9.17) is 10.00 Å². The molecule has 0 aliphatic heterocycles. The topological polar surface area (TPSA) is 50.1 Å². The van der Waals surface area contributed by atoms with Gasteiger partial charge in [0.1, 0.15) is 18.1 Å². The van der Waals surface area contributed by atoms with E-state index in [2.05, 4.69) is 15.9 Å². The van der Waals surface area contributed by atoms with Gasteiger partial charge in [-0.05, 0) is 39.7 Å². The van der Waals surface area contributed by atoms with Crippen LogP contribution >= 0.6 is 15.9 Å². The van der Waals surface area contributed by atoms with E-state index in [9.17, 15) is 9.18 Å². The molecule has 0 fully saturated rings. The smallest absolute Gasteiger partial charge is 0.177 e. The first-order valence-corrected chi connectivity index (χ1v) is 6.54. The summed E-state index contributed by atoms with van der Waals surface area (Å²) < 4.78 is 20.1. The largest absolute Gasteiger partial charge is 0.452 e. The number of benzene rings is 2. The molecule has 3 nitrogen and oxygen atoms in total. The highest BCUT2D eigenvalue weighted by molar-refractivity contribution is 9.10. The average Bonchev–Trinajstić information content (AvgIpc) is 2.47. The van der Waals surface area contributed by atoms with Gasteiger partial charge >= 0.3 is 0 Å². The van der Waals surface area contributed by atoms with Crippen LogP contribution < -0.4 is 4.74 Å². The number of hydrogen-bond acceptors (Lipinski definition) is 3. The third kappa shape index (κ3) is 2.86. The summed E-state index contributed by atoms with van der Waals surface area (Å²) in [6.45, 7) is 0. The van der Waals surface area contributed by atoms with Crippen molar-refractivity contribution in [3.05, 3.63) is 57.8 Å². The first-order chi connectivity index (χ1) is 9.67. The maximum Gasteiger partial charge on any atom is 0.177 e. The van der Waals surface area contributed by atoms with E-state index in [0.717, 1.165) is 0 Å². The summed E-state index contributed by atoms with van der Waals surface area (Å²) in [5.74, 6) is -0.385. The summed E-state index contributed by atoms with van der Waals surface area (Å²) in [6, 6.07) is 11.6. The van der Waals surface area contributed by atoms with Crippen LogP contribution in [-0.2, 0) is 11.2 Å². The van der Waals surface area contributed by atoms with E-state index in [1.54, 1.807) is 30.3 Å². The fraction of sp³-hybridized carbons (Fsp3) is 0.0667. The van der Waals surface area contributed by atoms with Crippen LogP contribution in [0.1, 0.15) is 11.1 Å². The zero-order chi connectivity index (χ0) is 14.5. The van der Waals surface area contributed by atoms with Gasteiger partial charge in [-0.1, -0.05) is 18.2 Å². The van der Waals surface area contributed by atoms with Gasteiger partial charge in [0.05, 0.1) is 10.0 Å². The molecule has 20 heavy (non-hydrogen) atoms. The number of ether oxygens (including phenoxy) is 1. The maximum absolute atomic E-state index is 14.2. The molecule has 2 aromatic rings. The highest BCUT2D eigenvalue weighted by atomic mass is 79.9. The van der Waals surface area contributed by atoms with Crippen LogP contribution in [0.25, 0.3) is 0 Å². The fourth-order valence-electron chi connectivity index (χ4n) is 1.67. The maximum atomic E-state index is 14.2. The van der Waals surface area contributed by atoms with Gasteiger partial charge < -0.3 is 9.53 Å². The highest BCUT2D eigenvalue weighted by Gasteiger charge is 2.15. The van der Waals surface area contributed by atoms with Gasteiger partial charge in [0.15, 0.2) is 11.6 Å². The fourth-order valence-corrected chi connectivity index (χ4v) is 2.06. The molecule has 0 aliphatic rings. The van der Waals surface area contributed by atoms with Gasteiger partial charge in [-0.25, -0.2) is 4.39 Å². The van der Waals surface area contributed by atoms with Crippen molar-refractivity contribution in [3.63, 3.8) is 0 Å². The second-order valence-electron chi connectivity index (χ2n) is 3.93. The van der Waals surface area contributed by atoms with Gasteiger partial charge in [0, 0.05) is 6.42 Å². The minimum atomic E-state index is -0.612. The SMILES string of the molecule is N#Cc1ccccc1Oc1c(Br)ccc(CC=O)c1F. The molecular weight excluding hydrogens is 325 g/mol. The second kappa shape index (κ2) is 6.31. The summed E-state index contributed by atoms with van der Waals surface area (Å²) >= 11 is 3.20. The predicted octanol–water partition coefficient (Wildman–Crippen LogP) is 3.99. The Morgan fingerprint density at radius 1 is 1.30 bits per heavy atom. The molecule has 5 heteroatoms. The number of carbonyl (C=O) groups excluding carboxylic acids is 1. The monoisotopic (exact) mass is 333 g/mol. The second-order valence-corrected chi connectivity index (χ2v) is 4.78. The lowest BCUT2D eigenvalue weighted by Crippen LogP contribution is -1.97. The van der Waals surface area contributed by atoms with Crippen LogP contribution in [-0.4, -0.2) is 6.29 Å². The number of hydrogen-bond donors (Lipinski definition) is 0. The number of halogens is 2. The summed E-state index contributed by atoms with van der Waals surface area (Å²) in [5, 5.41) is 8.99. The molecule has 0 unspecified atom stereocenters. The molecule has 0 saturated carbocycles. The molecule has 0 radical (unpaired) electrons. The number of carbonyl (C=O) groups is 1. The summed E-state index contributed by atoms with van der Waals surface area (Å²) in [5.41, 5.74) is 0.548. The first-order valence-electron chi connectivity index (χ1n) is 5.75. The van der Waals surface area contributed by atoms with Crippen molar-refractivity contribution in [3.8, 4) is 17.6 Å². The van der Waals surface area contributed by atoms with Crippen molar-refractivity contribution in [2.24, 2.45) is 0 Å². The van der Waals surface area contributed by atoms with E-state index in [1.807, 2.05) is 6.07 Å². The molecule has 0 aliphatic carbocycles. The molecule has 0 N–H and O–H groups in total. The standard InChI is InChI=1S/C15H9BrFNO2/c16-12-6-5-10(7-8-19)14(17)15(12)20-13-4-2-1-3-11(13)9-18/h1-6,8H,7H2. The van der Waals surface area contributed by atoms with Crippen LogP contribution in [0.5, 0.6) is 11.5 Å². The Bertz CT molecular complexity index is 695. The van der Waals surface area contributed by atoms with E-state index >= 15 is 0 Å². The number of rotatable bonds is 4. The third-order valence-electron chi connectivity index (χ3n) is 2.65. The molecule has 0 heterocycles. The van der Waals surface area contributed by atoms with Crippen LogP contribution in [0.2, 0.25) is 0 Å². The van der Waals surface area contributed by atoms with Crippen molar-refractivity contribution in [1.29, 1.82) is 5.26 Å². The quantitative estimate of drug-likeness (QED) is 0.795. The van der Waals surface area contributed by atoms with Crippen LogP contribution in [0, 0.1) is 17.1 Å². The normalized spacial score (nSPS) is 9.85. The molecule has 0 spiro atoms. The minimum Gasteiger partial charge on any atom is -0.452 e.